The summed E-state index contributed by atoms with van der Waals surface area (Å²) in [4.78, 5) is 11.0. The Kier molecular flexibility index (Phi) is 2.67. The zero-order valence-electron chi connectivity index (χ0n) is 7.35. The number of ketones is 1. The second kappa shape index (κ2) is 3.55. The van der Waals surface area contributed by atoms with Crippen LogP contribution in [0.4, 0.5) is 0 Å². The van der Waals surface area contributed by atoms with Crippen molar-refractivity contribution in [3.8, 4) is 11.8 Å². The molecule has 1 aliphatic rings. The summed E-state index contributed by atoms with van der Waals surface area (Å²) >= 11 is 0. The lowest BCUT2D eigenvalue weighted by molar-refractivity contribution is -0.114. The lowest BCUT2D eigenvalue weighted by atomic mass is 10.2. The Hall–Kier alpha value is -1.07. The summed E-state index contributed by atoms with van der Waals surface area (Å²) in [6, 6.07) is 0. The monoisotopic (exact) mass is 164 g/mol. The molecular weight excluding hydrogens is 152 g/mol. The van der Waals surface area contributed by atoms with Crippen LogP contribution < -0.4 is 0 Å². The Morgan fingerprint density at radius 2 is 2.17 bits per heavy atom. The summed E-state index contributed by atoms with van der Waals surface area (Å²) in [5.74, 6) is 5.64. The number of hydrogen-bond donors (Lipinski definition) is 1. The number of carbonyl (C=O) groups is 1. The van der Waals surface area contributed by atoms with E-state index in [2.05, 4.69) is 11.8 Å². The van der Waals surface area contributed by atoms with Gasteiger partial charge >= 0.3 is 0 Å². The number of allylic oxidation sites excluding steroid dienone is 2. The highest BCUT2D eigenvalue weighted by molar-refractivity contribution is 5.99. The Balaban J connectivity index is 2.79. The zero-order chi connectivity index (χ0) is 9.14. The highest BCUT2D eigenvalue weighted by Crippen LogP contribution is 2.21. The summed E-state index contributed by atoms with van der Waals surface area (Å²) < 4.78 is 0. The first-order valence-electron chi connectivity index (χ1n) is 4.04. The van der Waals surface area contributed by atoms with E-state index < -0.39 is 6.10 Å². The minimum atomic E-state index is -0.610. The molecule has 0 radical (unpaired) electrons. The normalized spacial score (nSPS) is 19.1. The van der Waals surface area contributed by atoms with E-state index >= 15 is 0 Å². The van der Waals surface area contributed by atoms with E-state index in [1.54, 1.807) is 13.8 Å². The van der Waals surface area contributed by atoms with Crippen LogP contribution in [-0.2, 0) is 4.79 Å². The molecule has 1 unspecified atom stereocenters. The first-order chi connectivity index (χ1) is 5.61. The van der Waals surface area contributed by atoms with Crippen LogP contribution in [0.3, 0.4) is 0 Å². The molecule has 1 rings (SSSR count). The summed E-state index contributed by atoms with van der Waals surface area (Å²) in [5, 5.41) is 8.88. The van der Waals surface area contributed by atoms with Gasteiger partial charge in [-0.1, -0.05) is 11.8 Å². The van der Waals surface area contributed by atoms with Gasteiger partial charge in [0.05, 0.1) is 0 Å². The van der Waals surface area contributed by atoms with Crippen molar-refractivity contribution in [1.82, 2.24) is 0 Å². The molecule has 2 nitrogen and oxygen atoms in total. The van der Waals surface area contributed by atoms with Gasteiger partial charge in [-0.2, -0.15) is 0 Å². The van der Waals surface area contributed by atoms with Crippen molar-refractivity contribution in [2.24, 2.45) is 0 Å². The summed E-state index contributed by atoms with van der Waals surface area (Å²) in [6.45, 7) is 3.40. The lowest BCUT2D eigenvalue weighted by Crippen LogP contribution is -1.93. The van der Waals surface area contributed by atoms with E-state index in [9.17, 15) is 4.79 Å². The van der Waals surface area contributed by atoms with E-state index in [4.69, 9.17) is 5.11 Å². The minimum absolute atomic E-state index is 0.185. The van der Waals surface area contributed by atoms with E-state index in [0.717, 1.165) is 17.6 Å². The van der Waals surface area contributed by atoms with Gasteiger partial charge in [-0.25, -0.2) is 0 Å². The molecule has 0 aliphatic heterocycles. The van der Waals surface area contributed by atoms with Crippen molar-refractivity contribution in [1.29, 1.82) is 0 Å². The van der Waals surface area contributed by atoms with Gasteiger partial charge in [-0.3, -0.25) is 4.79 Å². The third kappa shape index (κ3) is 1.96. The topological polar surface area (TPSA) is 37.3 Å². The smallest absolute Gasteiger partial charge is 0.159 e. The number of carbonyl (C=O) groups excluding carboxylic acids is 1. The minimum Gasteiger partial charge on any atom is -0.381 e. The number of rotatable bonds is 0. The fraction of sp³-hybridized carbons (Fsp3) is 0.500. The molecule has 12 heavy (non-hydrogen) atoms. The van der Waals surface area contributed by atoms with Gasteiger partial charge in [-0.05, 0) is 20.3 Å². The molecule has 0 aromatic heterocycles. The van der Waals surface area contributed by atoms with Crippen LogP contribution in [0.1, 0.15) is 26.7 Å². The van der Waals surface area contributed by atoms with Gasteiger partial charge in [-0.15, -0.1) is 0 Å². The molecule has 0 bridgehead atoms. The van der Waals surface area contributed by atoms with Crippen molar-refractivity contribution in [2.75, 3.05) is 0 Å². The molecule has 0 spiro atoms. The number of Topliss-reactive ketones (excluding diaryl/α,β-unsaturated/α-hetero) is 1. The van der Waals surface area contributed by atoms with Crippen LogP contribution in [0.15, 0.2) is 11.1 Å². The molecule has 0 fully saturated rings. The maximum absolute atomic E-state index is 11.0. The summed E-state index contributed by atoms with van der Waals surface area (Å²) in [7, 11) is 0. The maximum atomic E-state index is 11.0. The van der Waals surface area contributed by atoms with E-state index in [-0.39, 0.29) is 5.78 Å². The van der Waals surface area contributed by atoms with Crippen LogP contribution in [0.2, 0.25) is 0 Å². The molecule has 0 saturated heterocycles. The van der Waals surface area contributed by atoms with E-state index in [0.29, 0.717) is 6.42 Å². The fourth-order valence-electron chi connectivity index (χ4n) is 1.13. The molecule has 0 heterocycles. The average molecular weight is 164 g/mol. The lowest BCUT2D eigenvalue weighted by Gasteiger charge is -1.90. The number of aliphatic hydroxyl groups is 1. The SMILES string of the molecule is CC1=C(C#CC(C)O)CCC1=O. The Morgan fingerprint density at radius 3 is 2.58 bits per heavy atom. The molecule has 1 aliphatic carbocycles. The van der Waals surface area contributed by atoms with Gasteiger partial charge in [0.1, 0.15) is 6.10 Å². The highest BCUT2D eigenvalue weighted by Gasteiger charge is 2.17. The summed E-state index contributed by atoms with van der Waals surface area (Å²) in [6.07, 6.45) is 0.709. The van der Waals surface area contributed by atoms with Crippen molar-refractivity contribution in [3.63, 3.8) is 0 Å². The predicted octanol–water partition coefficient (Wildman–Crippen LogP) is 1.05. The second-order valence-corrected chi connectivity index (χ2v) is 2.97. The Bertz CT molecular complexity index is 287. The van der Waals surface area contributed by atoms with Crippen molar-refractivity contribution >= 4 is 5.78 Å². The Morgan fingerprint density at radius 1 is 1.50 bits per heavy atom. The molecule has 0 aromatic carbocycles. The van der Waals surface area contributed by atoms with E-state index in [1.165, 1.54) is 0 Å². The van der Waals surface area contributed by atoms with Gasteiger partial charge in [0.15, 0.2) is 5.78 Å². The quantitative estimate of drug-likeness (QED) is 0.543. The molecular formula is C10H12O2. The van der Waals surface area contributed by atoms with Gasteiger partial charge < -0.3 is 5.11 Å². The molecule has 1 atom stereocenters. The molecule has 0 amide bonds. The van der Waals surface area contributed by atoms with Crippen LogP contribution >= 0.6 is 0 Å². The van der Waals surface area contributed by atoms with E-state index in [1.807, 2.05) is 0 Å². The predicted molar refractivity (Wildman–Crippen MR) is 46.4 cm³/mol. The standard InChI is InChI=1S/C10H12O2/c1-7(11)3-4-9-5-6-10(12)8(9)2/h7,11H,5-6H2,1-2H3. The molecule has 0 saturated carbocycles. The van der Waals surface area contributed by atoms with Gasteiger partial charge in [0.25, 0.3) is 0 Å². The van der Waals surface area contributed by atoms with Crippen molar-refractivity contribution < 1.29 is 9.90 Å². The van der Waals surface area contributed by atoms with Gasteiger partial charge in [0, 0.05) is 17.6 Å². The molecule has 0 aromatic rings. The molecule has 2 heteroatoms. The van der Waals surface area contributed by atoms with Crippen LogP contribution in [-0.4, -0.2) is 17.0 Å². The average Bonchev–Trinajstić information content (AvgIpc) is 2.30. The second-order valence-electron chi connectivity index (χ2n) is 2.97. The third-order valence-electron chi connectivity index (χ3n) is 1.90. The first kappa shape index (κ1) is 9.02. The molecule has 1 N–H and O–H groups in total. The number of hydrogen-bond acceptors (Lipinski definition) is 2. The third-order valence-corrected chi connectivity index (χ3v) is 1.90. The fourth-order valence-corrected chi connectivity index (χ4v) is 1.13. The Labute approximate surface area is 72.3 Å². The van der Waals surface area contributed by atoms with Crippen molar-refractivity contribution in [3.05, 3.63) is 11.1 Å². The zero-order valence-corrected chi connectivity index (χ0v) is 7.35. The first-order valence-corrected chi connectivity index (χ1v) is 4.04. The van der Waals surface area contributed by atoms with Crippen molar-refractivity contribution in [2.45, 2.75) is 32.8 Å². The highest BCUT2D eigenvalue weighted by atomic mass is 16.3. The van der Waals surface area contributed by atoms with Crippen LogP contribution in [0.25, 0.3) is 0 Å². The maximum Gasteiger partial charge on any atom is 0.159 e. The number of aliphatic hydroxyl groups excluding tert-OH is 1. The molecule has 64 valence electrons. The van der Waals surface area contributed by atoms with Crippen LogP contribution in [0.5, 0.6) is 0 Å². The summed E-state index contributed by atoms with van der Waals surface area (Å²) in [5.41, 5.74) is 1.66. The largest absolute Gasteiger partial charge is 0.381 e. The van der Waals surface area contributed by atoms with Gasteiger partial charge in [0.2, 0.25) is 0 Å². The van der Waals surface area contributed by atoms with Crippen LogP contribution in [0, 0.1) is 11.8 Å².